The summed E-state index contributed by atoms with van der Waals surface area (Å²) in [7, 11) is 7.84. The highest BCUT2D eigenvalue weighted by Crippen LogP contribution is 2.57. The van der Waals surface area contributed by atoms with Gasteiger partial charge in [-0.25, -0.2) is 9.78 Å². The Hall–Kier alpha value is -5.40. The molecule has 0 aliphatic carbocycles. The molecule has 0 saturated heterocycles. The summed E-state index contributed by atoms with van der Waals surface area (Å²) in [5.41, 5.74) is 4.42. The van der Waals surface area contributed by atoms with E-state index in [1.165, 1.54) is 11.3 Å². The van der Waals surface area contributed by atoms with Crippen LogP contribution in [-0.4, -0.2) is 51.5 Å². The van der Waals surface area contributed by atoms with Crippen LogP contribution in [0.2, 0.25) is 0 Å². The fourth-order valence-corrected chi connectivity index (χ4v) is 6.98. The van der Waals surface area contributed by atoms with Crippen LogP contribution in [0.5, 0.6) is 17.2 Å². The second-order valence-corrected chi connectivity index (χ2v) is 13.1. The van der Waals surface area contributed by atoms with Gasteiger partial charge in [-0.15, -0.1) is 11.3 Å². The number of Topliss-reactive ketones (excluding diaryl/α,β-unsaturated/α-hetero) is 1. The molecule has 10 heteroatoms. The van der Waals surface area contributed by atoms with Crippen molar-refractivity contribution in [3.63, 3.8) is 0 Å². The molecule has 236 valence electrons. The van der Waals surface area contributed by atoms with Crippen LogP contribution in [0.4, 0.5) is 11.4 Å². The number of nitrogens with zero attached hydrogens (tertiary/aromatic N) is 4. The van der Waals surface area contributed by atoms with Crippen molar-refractivity contribution in [3.05, 3.63) is 106 Å². The molecule has 0 amide bonds. The van der Waals surface area contributed by atoms with E-state index in [2.05, 4.69) is 11.1 Å². The predicted molar refractivity (Wildman–Crippen MR) is 181 cm³/mol. The molecule has 0 bridgehead atoms. The van der Waals surface area contributed by atoms with Gasteiger partial charge in [-0.2, -0.15) is 5.26 Å². The molecule has 0 saturated carbocycles. The van der Waals surface area contributed by atoms with E-state index < -0.39 is 11.6 Å². The van der Waals surface area contributed by atoms with E-state index in [0.717, 1.165) is 21.6 Å². The van der Waals surface area contributed by atoms with Crippen molar-refractivity contribution in [2.45, 2.75) is 24.9 Å². The highest BCUT2D eigenvalue weighted by Gasteiger charge is 2.53. The number of aromatic nitrogens is 1. The summed E-state index contributed by atoms with van der Waals surface area (Å²) < 4.78 is 19.6. The number of carbonyl (C=O) groups is 2. The zero-order chi connectivity index (χ0) is 32.9. The molecule has 0 atom stereocenters. The molecule has 0 N–H and O–H groups in total. The molecule has 1 aromatic heterocycles. The lowest BCUT2D eigenvalue weighted by atomic mass is 9.77. The van der Waals surface area contributed by atoms with Gasteiger partial charge < -0.3 is 24.0 Å². The van der Waals surface area contributed by atoms with Crippen LogP contribution in [-0.2, 0) is 10.3 Å². The van der Waals surface area contributed by atoms with Gasteiger partial charge in [0.1, 0.15) is 23.3 Å². The summed E-state index contributed by atoms with van der Waals surface area (Å²) in [6.07, 6.45) is 1.66. The van der Waals surface area contributed by atoms with Crippen LogP contribution in [0.15, 0.2) is 72.8 Å². The van der Waals surface area contributed by atoms with Gasteiger partial charge in [0.25, 0.3) is 0 Å². The number of ether oxygens (including phenoxy) is 3. The van der Waals surface area contributed by atoms with Crippen molar-refractivity contribution in [1.82, 2.24) is 4.98 Å². The fraction of sp³-hybridized carbons (Fsp3) is 0.243. The highest BCUT2D eigenvalue weighted by atomic mass is 32.1. The van der Waals surface area contributed by atoms with Crippen LogP contribution in [0.1, 0.15) is 61.7 Å². The van der Waals surface area contributed by atoms with Crippen molar-refractivity contribution in [1.29, 1.82) is 5.26 Å². The van der Waals surface area contributed by atoms with Crippen molar-refractivity contribution in [3.8, 4) is 23.3 Å². The standard InChI is InChI=1S/C37H32N4O5S/c1-40(2)23-9-13-27-32(18-23)45-33-19-24(41(3)4)10-14-28(33)37(27)29-17-22(8-12-26(29)36(43)46-37)31(42)7-5-6-16-44-25-11-15-30-34(20-25)47-35(21-38)39-30/h8-15,17-20H,5-7,16H2,1-4H3. The minimum absolute atomic E-state index is 0.0178. The summed E-state index contributed by atoms with van der Waals surface area (Å²) in [5, 5.41) is 9.52. The molecule has 1 spiro atoms. The van der Waals surface area contributed by atoms with Gasteiger partial charge in [-0.3, -0.25) is 4.79 Å². The van der Waals surface area contributed by atoms with Crippen LogP contribution in [0.25, 0.3) is 10.2 Å². The number of nitriles is 1. The Morgan fingerprint density at radius 3 is 2.26 bits per heavy atom. The Bertz CT molecular complexity index is 2050. The SMILES string of the molecule is CN(C)c1ccc2c(c1)Oc1cc(N(C)C)ccc1C21OC(=O)c2ccc(C(=O)CCCCOc3ccc4nc(C#N)sc4c3)cc21. The first kappa shape index (κ1) is 30.3. The van der Waals surface area contributed by atoms with Gasteiger partial charge in [0.15, 0.2) is 16.4 Å². The largest absolute Gasteiger partial charge is 0.494 e. The van der Waals surface area contributed by atoms with Gasteiger partial charge in [0.05, 0.1) is 22.4 Å². The van der Waals surface area contributed by atoms with E-state index in [-0.39, 0.29) is 5.78 Å². The Balaban J connectivity index is 1.14. The number of anilines is 2. The third-order valence-corrected chi connectivity index (χ3v) is 9.57. The van der Waals surface area contributed by atoms with E-state index in [9.17, 15) is 9.59 Å². The van der Waals surface area contributed by atoms with Gasteiger partial charge in [0.2, 0.25) is 0 Å². The fourth-order valence-electron chi connectivity index (χ4n) is 6.19. The maximum atomic E-state index is 13.5. The maximum absolute atomic E-state index is 13.5. The Morgan fingerprint density at radius 2 is 1.60 bits per heavy atom. The molecule has 0 unspecified atom stereocenters. The summed E-state index contributed by atoms with van der Waals surface area (Å²) in [4.78, 5) is 35.2. The van der Waals surface area contributed by atoms with Gasteiger partial charge >= 0.3 is 5.97 Å². The van der Waals surface area contributed by atoms with Crippen molar-refractivity contribution < 1.29 is 23.8 Å². The van der Waals surface area contributed by atoms with Gasteiger partial charge in [-0.1, -0.05) is 6.07 Å². The highest BCUT2D eigenvalue weighted by molar-refractivity contribution is 7.19. The number of unbranched alkanes of at least 4 members (excludes halogenated alkanes) is 1. The van der Waals surface area contributed by atoms with E-state index in [0.29, 0.717) is 75.9 Å². The third kappa shape index (κ3) is 5.22. The second kappa shape index (κ2) is 11.8. The molecule has 5 aromatic rings. The second-order valence-electron chi connectivity index (χ2n) is 12.1. The normalized spacial score (nSPS) is 13.6. The molecule has 9 nitrogen and oxygen atoms in total. The molecule has 2 aliphatic rings. The average Bonchev–Trinajstić information content (AvgIpc) is 3.62. The predicted octanol–water partition coefficient (Wildman–Crippen LogP) is 7.30. The number of benzene rings is 4. The van der Waals surface area contributed by atoms with Crippen LogP contribution < -0.4 is 19.3 Å². The number of hydrogen-bond donors (Lipinski definition) is 0. The van der Waals surface area contributed by atoms with Crippen LogP contribution in [0.3, 0.4) is 0 Å². The minimum atomic E-state index is -1.26. The number of thiazole rings is 1. The number of carbonyl (C=O) groups excluding carboxylic acids is 2. The molecule has 0 radical (unpaired) electrons. The Kier molecular flexibility index (Phi) is 7.57. The smallest absolute Gasteiger partial charge is 0.340 e. The summed E-state index contributed by atoms with van der Waals surface area (Å²) in [6, 6.07) is 24.6. The molecule has 0 fully saturated rings. The Labute approximate surface area is 276 Å². The minimum Gasteiger partial charge on any atom is -0.494 e. The zero-order valence-electron chi connectivity index (χ0n) is 26.5. The number of fused-ring (bicyclic) bond motifs is 7. The Morgan fingerprint density at radius 1 is 0.894 bits per heavy atom. The first-order valence-corrected chi connectivity index (χ1v) is 16.2. The number of rotatable bonds is 9. The topological polar surface area (TPSA) is 105 Å². The summed E-state index contributed by atoms with van der Waals surface area (Å²) in [5.74, 6) is 1.44. The number of ketones is 1. The lowest BCUT2D eigenvalue weighted by Crippen LogP contribution is -2.33. The number of hydrogen-bond acceptors (Lipinski definition) is 10. The molecule has 2 aliphatic heterocycles. The van der Waals surface area contributed by atoms with E-state index in [4.69, 9.17) is 19.5 Å². The van der Waals surface area contributed by atoms with Crippen molar-refractivity contribution in [2.24, 2.45) is 0 Å². The first-order chi connectivity index (χ1) is 22.7. The molecule has 3 heterocycles. The monoisotopic (exact) mass is 644 g/mol. The number of esters is 1. The lowest BCUT2D eigenvalue weighted by molar-refractivity contribution is 0.0224. The summed E-state index contributed by atoms with van der Waals surface area (Å²) in [6.45, 7) is 0.454. The van der Waals surface area contributed by atoms with E-state index >= 15 is 0 Å². The average molecular weight is 645 g/mol. The summed E-state index contributed by atoms with van der Waals surface area (Å²) >= 11 is 1.33. The molecule has 7 rings (SSSR count). The van der Waals surface area contributed by atoms with Gasteiger partial charge in [-0.05, 0) is 67.4 Å². The maximum Gasteiger partial charge on any atom is 0.340 e. The van der Waals surface area contributed by atoms with Crippen LogP contribution >= 0.6 is 11.3 Å². The van der Waals surface area contributed by atoms with E-state index in [1.54, 1.807) is 12.1 Å². The zero-order valence-corrected chi connectivity index (χ0v) is 27.3. The molecule has 47 heavy (non-hydrogen) atoms. The van der Waals surface area contributed by atoms with Crippen molar-refractivity contribution in [2.75, 3.05) is 44.6 Å². The lowest BCUT2D eigenvalue weighted by Gasteiger charge is -2.37. The molecular weight excluding hydrogens is 612 g/mol. The molecule has 4 aromatic carbocycles. The van der Waals surface area contributed by atoms with E-state index in [1.807, 2.05) is 98.7 Å². The van der Waals surface area contributed by atoms with Crippen LogP contribution in [0, 0.1) is 11.3 Å². The van der Waals surface area contributed by atoms with Crippen molar-refractivity contribution >= 4 is 44.7 Å². The third-order valence-electron chi connectivity index (χ3n) is 8.65. The first-order valence-electron chi connectivity index (χ1n) is 15.3. The molecular formula is C37H32N4O5S. The quantitative estimate of drug-likeness (QED) is 0.0929. The van der Waals surface area contributed by atoms with Gasteiger partial charge in [0, 0.05) is 80.4 Å².